The molecule has 0 N–H and O–H groups in total. The minimum Gasteiger partial charge on any atom is -0.0616 e. The molecule has 0 heteroatoms. The average Bonchev–Trinajstić information content (AvgIpc) is 3.39. The Morgan fingerprint density at radius 3 is 1.17 bits per heavy atom. The standard InChI is InChI=1S/C66H42/c1-4-23-58-43(12-1)15-10-26-61(58)52-20-7-17-46(36-52)50-33-35-64-57(40-50)41-55-31-29-51(47-18-8-21-53(37-47)62-27-11-16-44-13-2-5-24-59(44)62)42-65(55)66(64)56-22-9-19-48(39-56)49-32-34-63-54(38-49)30-28-45-14-3-6-25-60(45)63/h1-42H. The Balaban J connectivity index is 0.974. The van der Waals surface area contributed by atoms with Crippen molar-refractivity contribution in [3.05, 3.63) is 255 Å². The van der Waals surface area contributed by atoms with Crippen molar-refractivity contribution in [3.63, 3.8) is 0 Å². The molecule has 13 rings (SSSR count). The van der Waals surface area contributed by atoms with Gasteiger partial charge in [-0.1, -0.05) is 212 Å². The number of benzene rings is 13. The lowest BCUT2D eigenvalue weighted by Gasteiger charge is -2.16. The van der Waals surface area contributed by atoms with Gasteiger partial charge in [-0.3, -0.25) is 0 Å². The fourth-order valence-corrected chi connectivity index (χ4v) is 10.5. The van der Waals surface area contributed by atoms with E-state index < -0.39 is 0 Å². The SMILES string of the molecule is c1cc(-c2ccc3c(-c4cccc(-c5ccc6c(ccc7ccccc76)c5)c4)c4cc(-c5cccc(-c6cccc7ccccc67)c5)ccc4cc3c2)cc(-c2cccc3ccccc23)c1. The summed E-state index contributed by atoms with van der Waals surface area (Å²) in [5.41, 5.74) is 14.6. The minimum atomic E-state index is 1.20. The normalized spacial score (nSPS) is 11.6. The minimum absolute atomic E-state index is 1.20. The predicted octanol–water partition coefficient (Wildman–Crippen LogP) is 18.6. The van der Waals surface area contributed by atoms with Gasteiger partial charge in [0.25, 0.3) is 0 Å². The zero-order valence-corrected chi connectivity index (χ0v) is 36.2. The second-order valence-corrected chi connectivity index (χ2v) is 17.6. The van der Waals surface area contributed by atoms with Crippen molar-refractivity contribution in [3.8, 4) is 66.8 Å². The van der Waals surface area contributed by atoms with E-state index in [-0.39, 0.29) is 0 Å². The van der Waals surface area contributed by atoms with Gasteiger partial charge in [0, 0.05) is 0 Å². The van der Waals surface area contributed by atoms with Crippen LogP contribution < -0.4 is 0 Å². The average molecular weight is 835 g/mol. The number of rotatable bonds is 6. The highest BCUT2D eigenvalue weighted by Gasteiger charge is 2.16. The van der Waals surface area contributed by atoms with Crippen LogP contribution in [0.15, 0.2) is 255 Å². The number of fused-ring (bicyclic) bond motifs is 7. The molecule has 0 heterocycles. The molecular weight excluding hydrogens is 793 g/mol. The van der Waals surface area contributed by atoms with Crippen molar-refractivity contribution < 1.29 is 0 Å². The Kier molecular flexibility index (Phi) is 8.96. The summed E-state index contributed by atoms with van der Waals surface area (Å²) in [5, 5.41) is 15.0. The maximum Gasteiger partial charge on any atom is -0.00264 e. The molecule has 0 fully saturated rings. The molecule has 0 aliphatic heterocycles. The fourth-order valence-electron chi connectivity index (χ4n) is 10.5. The molecule has 0 aliphatic carbocycles. The van der Waals surface area contributed by atoms with Crippen LogP contribution >= 0.6 is 0 Å². The second kappa shape index (κ2) is 15.6. The maximum atomic E-state index is 2.42. The van der Waals surface area contributed by atoms with Crippen LogP contribution in [0.2, 0.25) is 0 Å². The van der Waals surface area contributed by atoms with Crippen LogP contribution in [-0.4, -0.2) is 0 Å². The van der Waals surface area contributed by atoms with E-state index in [4.69, 9.17) is 0 Å². The molecule has 0 atom stereocenters. The smallest absolute Gasteiger partial charge is 0.00264 e. The van der Waals surface area contributed by atoms with Gasteiger partial charge in [-0.15, -0.1) is 0 Å². The summed E-state index contributed by atoms with van der Waals surface area (Å²) >= 11 is 0. The summed E-state index contributed by atoms with van der Waals surface area (Å²) in [5.74, 6) is 0. The monoisotopic (exact) mass is 834 g/mol. The van der Waals surface area contributed by atoms with Gasteiger partial charge in [0.15, 0.2) is 0 Å². The van der Waals surface area contributed by atoms with Crippen LogP contribution in [-0.2, 0) is 0 Å². The van der Waals surface area contributed by atoms with E-state index in [0.717, 1.165) is 0 Å². The maximum absolute atomic E-state index is 2.42. The number of hydrogen-bond donors (Lipinski definition) is 0. The van der Waals surface area contributed by atoms with E-state index in [0.29, 0.717) is 0 Å². The summed E-state index contributed by atoms with van der Waals surface area (Å²) in [4.78, 5) is 0. The molecule has 0 aliphatic rings. The van der Waals surface area contributed by atoms with Gasteiger partial charge in [0.2, 0.25) is 0 Å². The molecule has 0 amide bonds. The summed E-state index contributed by atoms with van der Waals surface area (Å²) in [6, 6.07) is 94.3. The van der Waals surface area contributed by atoms with E-state index in [2.05, 4.69) is 255 Å². The molecule has 0 bridgehead atoms. The van der Waals surface area contributed by atoms with Gasteiger partial charge >= 0.3 is 0 Å². The Labute approximate surface area is 384 Å². The quantitative estimate of drug-likeness (QED) is 0.116. The zero-order valence-electron chi connectivity index (χ0n) is 36.2. The highest BCUT2D eigenvalue weighted by atomic mass is 14.2. The predicted molar refractivity (Wildman–Crippen MR) is 284 cm³/mol. The lowest BCUT2D eigenvalue weighted by atomic mass is 9.87. The molecule has 0 nitrogen and oxygen atoms in total. The first-order chi connectivity index (χ1) is 32.7. The Hall–Kier alpha value is -8.58. The van der Waals surface area contributed by atoms with Crippen molar-refractivity contribution in [2.45, 2.75) is 0 Å². The molecule has 306 valence electrons. The van der Waals surface area contributed by atoms with Crippen LogP contribution in [0.4, 0.5) is 0 Å². The second-order valence-electron chi connectivity index (χ2n) is 17.6. The first kappa shape index (κ1) is 37.9. The molecule has 0 unspecified atom stereocenters. The van der Waals surface area contributed by atoms with E-state index in [9.17, 15) is 0 Å². The van der Waals surface area contributed by atoms with Gasteiger partial charge < -0.3 is 0 Å². The number of hydrogen-bond acceptors (Lipinski definition) is 0. The van der Waals surface area contributed by atoms with Crippen LogP contribution in [0.25, 0.3) is 131 Å². The summed E-state index contributed by atoms with van der Waals surface area (Å²) in [7, 11) is 0. The molecule has 0 saturated carbocycles. The molecule has 13 aromatic carbocycles. The van der Waals surface area contributed by atoms with E-state index in [1.807, 2.05) is 0 Å². The van der Waals surface area contributed by atoms with Gasteiger partial charge in [-0.05, 0) is 174 Å². The van der Waals surface area contributed by atoms with Crippen LogP contribution in [0.5, 0.6) is 0 Å². The third-order valence-electron chi connectivity index (χ3n) is 13.8. The molecular formula is C66H42. The van der Waals surface area contributed by atoms with Crippen LogP contribution in [0.1, 0.15) is 0 Å². The first-order valence-electron chi connectivity index (χ1n) is 22.9. The van der Waals surface area contributed by atoms with E-state index >= 15 is 0 Å². The first-order valence-corrected chi connectivity index (χ1v) is 22.9. The van der Waals surface area contributed by atoms with Gasteiger partial charge in [0.1, 0.15) is 0 Å². The highest BCUT2D eigenvalue weighted by molar-refractivity contribution is 6.15. The summed E-state index contributed by atoms with van der Waals surface area (Å²) in [6.07, 6.45) is 0. The Bertz CT molecular complexity index is 4050. The topological polar surface area (TPSA) is 0 Å². The lowest BCUT2D eigenvalue weighted by molar-refractivity contribution is 1.61. The van der Waals surface area contributed by atoms with Gasteiger partial charge in [0.05, 0.1) is 0 Å². The third-order valence-corrected chi connectivity index (χ3v) is 13.8. The summed E-state index contributed by atoms with van der Waals surface area (Å²) < 4.78 is 0. The van der Waals surface area contributed by atoms with Crippen LogP contribution in [0, 0.1) is 0 Å². The largest absolute Gasteiger partial charge is 0.0616 e. The molecule has 0 aromatic heterocycles. The Morgan fingerprint density at radius 2 is 0.530 bits per heavy atom. The van der Waals surface area contributed by atoms with E-state index in [1.54, 1.807) is 0 Å². The van der Waals surface area contributed by atoms with Gasteiger partial charge in [-0.25, -0.2) is 0 Å². The lowest BCUT2D eigenvalue weighted by Crippen LogP contribution is -1.90. The molecule has 66 heavy (non-hydrogen) atoms. The van der Waals surface area contributed by atoms with Crippen LogP contribution in [0.3, 0.4) is 0 Å². The molecule has 0 radical (unpaired) electrons. The van der Waals surface area contributed by atoms with Crippen molar-refractivity contribution in [2.24, 2.45) is 0 Å². The van der Waals surface area contributed by atoms with Gasteiger partial charge in [-0.2, -0.15) is 0 Å². The van der Waals surface area contributed by atoms with Crippen molar-refractivity contribution in [1.82, 2.24) is 0 Å². The van der Waals surface area contributed by atoms with Crippen molar-refractivity contribution >= 4 is 64.6 Å². The zero-order chi connectivity index (χ0) is 43.6. The fraction of sp³-hybridized carbons (Fsp3) is 0. The van der Waals surface area contributed by atoms with E-state index in [1.165, 1.54) is 131 Å². The Morgan fingerprint density at radius 1 is 0.152 bits per heavy atom. The molecule has 13 aromatic rings. The molecule has 0 saturated heterocycles. The van der Waals surface area contributed by atoms with Crippen molar-refractivity contribution in [2.75, 3.05) is 0 Å². The third kappa shape index (κ3) is 6.54. The van der Waals surface area contributed by atoms with Crippen molar-refractivity contribution in [1.29, 1.82) is 0 Å². The summed E-state index contributed by atoms with van der Waals surface area (Å²) in [6.45, 7) is 0. The highest BCUT2D eigenvalue weighted by Crippen LogP contribution is 2.42. The molecule has 0 spiro atoms.